The van der Waals surface area contributed by atoms with Crippen molar-refractivity contribution >= 4 is 21.9 Å². The topological polar surface area (TPSA) is 122 Å². The Labute approximate surface area is 145 Å². The second-order valence-corrected chi connectivity index (χ2v) is 7.40. The first-order valence-corrected chi connectivity index (χ1v) is 9.02. The van der Waals surface area contributed by atoms with Crippen molar-refractivity contribution in [3.63, 3.8) is 0 Å². The molecule has 1 aromatic carbocycles. The van der Waals surface area contributed by atoms with Crippen molar-refractivity contribution in [1.82, 2.24) is 10.0 Å². The van der Waals surface area contributed by atoms with Crippen molar-refractivity contribution in [1.29, 1.82) is 0 Å². The minimum atomic E-state index is -3.68. The summed E-state index contributed by atoms with van der Waals surface area (Å²) in [6.45, 7) is 0.877. The number of methoxy groups -OCH3 is 1. The molecule has 1 amide bonds. The summed E-state index contributed by atoms with van der Waals surface area (Å²) in [5, 5.41) is 11.7. The zero-order chi connectivity index (χ0) is 19.1. The Bertz CT molecular complexity index is 707. The number of rotatable bonds is 10. The smallest absolute Gasteiger partial charge is 0.333 e. The predicted octanol–water partition coefficient (Wildman–Crippen LogP) is 0.198. The van der Waals surface area contributed by atoms with Crippen molar-refractivity contribution in [3.8, 4) is 0 Å². The molecule has 3 N–H and O–H groups in total. The lowest BCUT2D eigenvalue weighted by molar-refractivity contribution is -0.147. The summed E-state index contributed by atoms with van der Waals surface area (Å²) in [7, 11) is -2.24. The van der Waals surface area contributed by atoms with Gasteiger partial charge < -0.3 is 15.2 Å². The molecule has 0 aromatic heterocycles. The van der Waals surface area contributed by atoms with E-state index in [2.05, 4.69) is 10.0 Å². The number of carbonyl (C=O) groups is 2. The second kappa shape index (κ2) is 8.88. The number of hydrogen-bond donors (Lipinski definition) is 3. The van der Waals surface area contributed by atoms with Crippen LogP contribution in [0.3, 0.4) is 0 Å². The van der Waals surface area contributed by atoms with Gasteiger partial charge in [-0.15, -0.1) is 0 Å². The van der Waals surface area contributed by atoms with Gasteiger partial charge in [-0.1, -0.05) is 12.1 Å². The van der Waals surface area contributed by atoms with Crippen LogP contribution in [0.25, 0.3) is 0 Å². The molecule has 0 aliphatic carbocycles. The number of nitrogens with one attached hydrogen (secondary N) is 2. The predicted molar refractivity (Wildman–Crippen MR) is 87.8 cm³/mol. The molecule has 140 valence electrons. The molecule has 1 rings (SSSR count). The Balaban J connectivity index is 2.74. The number of ether oxygens (including phenoxy) is 1. The van der Waals surface area contributed by atoms with Gasteiger partial charge in [0.1, 0.15) is 5.82 Å². The zero-order valence-corrected chi connectivity index (χ0v) is 14.7. The van der Waals surface area contributed by atoms with E-state index in [9.17, 15) is 27.5 Å². The number of benzene rings is 1. The standard InChI is InChI=1S/C15H21FN2O6S/c1-15(14(20)21,11-4-6-12(16)7-5-11)18-13(19)10-17-25(22,23)9-3-8-24-2/h4-7,17H,3,8-10H2,1-2H3,(H,18,19)(H,20,21). The van der Waals surface area contributed by atoms with Crippen LogP contribution in [-0.2, 0) is 29.9 Å². The molecule has 1 unspecified atom stereocenters. The van der Waals surface area contributed by atoms with E-state index in [1.165, 1.54) is 26.2 Å². The van der Waals surface area contributed by atoms with Crippen LogP contribution in [0.15, 0.2) is 24.3 Å². The van der Waals surface area contributed by atoms with E-state index in [1.807, 2.05) is 0 Å². The third-order valence-corrected chi connectivity index (χ3v) is 4.86. The van der Waals surface area contributed by atoms with Crippen LogP contribution in [0.4, 0.5) is 4.39 Å². The molecule has 25 heavy (non-hydrogen) atoms. The molecule has 1 atom stereocenters. The van der Waals surface area contributed by atoms with Crippen LogP contribution in [0.1, 0.15) is 18.9 Å². The maximum absolute atomic E-state index is 13.0. The van der Waals surface area contributed by atoms with Crippen LogP contribution >= 0.6 is 0 Å². The summed E-state index contributed by atoms with van der Waals surface area (Å²) < 4.78 is 43.3. The van der Waals surface area contributed by atoms with Crippen molar-refractivity contribution in [2.24, 2.45) is 0 Å². The Morgan fingerprint density at radius 2 is 1.88 bits per heavy atom. The van der Waals surface area contributed by atoms with Crippen LogP contribution in [-0.4, -0.2) is 51.4 Å². The molecule has 0 spiro atoms. The summed E-state index contributed by atoms with van der Waals surface area (Å²) in [6, 6.07) is 4.61. The van der Waals surface area contributed by atoms with Gasteiger partial charge >= 0.3 is 5.97 Å². The number of carboxylic acids is 1. The monoisotopic (exact) mass is 376 g/mol. The largest absolute Gasteiger partial charge is 0.479 e. The van der Waals surface area contributed by atoms with Gasteiger partial charge in [-0.2, -0.15) is 0 Å². The summed E-state index contributed by atoms with van der Waals surface area (Å²) in [5.41, 5.74) is -1.68. The first-order valence-electron chi connectivity index (χ1n) is 7.37. The fourth-order valence-electron chi connectivity index (χ4n) is 2.00. The summed E-state index contributed by atoms with van der Waals surface area (Å²) in [4.78, 5) is 23.5. The minimum Gasteiger partial charge on any atom is -0.479 e. The van der Waals surface area contributed by atoms with E-state index in [1.54, 1.807) is 0 Å². The van der Waals surface area contributed by atoms with E-state index in [-0.39, 0.29) is 24.3 Å². The summed E-state index contributed by atoms with van der Waals surface area (Å²) in [5.74, 6) is -2.96. The molecule has 8 nitrogen and oxygen atoms in total. The normalized spacial score (nSPS) is 13.9. The van der Waals surface area contributed by atoms with Gasteiger partial charge in [-0.25, -0.2) is 22.3 Å². The van der Waals surface area contributed by atoms with Crippen LogP contribution in [0, 0.1) is 5.82 Å². The fourth-order valence-corrected chi connectivity index (χ4v) is 2.99. The average molecular weight is 376 g/mol. The Kier molecular flexibility index (Phi) is 7.46. The Morgan fingerprint density at radius 1 is 1.28 bits per heavy atom. The van der Waals surface area contributed by atoms with Gasteiger partial charge in [0.2, 0.25) is 15.9 Å². The lowest BCUT2D eigenvalue weighted by atomic mass is 9.92. The molecule has 0 fully saturated rings. The molecule has 0 aliphatic rings. The minimum absolute atomic E-state index is 0.151. The SMILES string of the molecule is COCCCS(=O)(=O)NCC(=O)NC(C)(C(=O)O)c1ccc(F)cc1. The van der Waals surface area contributed by atoms with Crippen LogP contribution in [0.5, 0.6) is 0 Å². The first kappa shape index (κ1) is 21.0. The van der Waals surface area contributed by atoms with E-state index >= 15 is 0 Å². The van der Waals surface area contributed by atoms with Crippen LogP contribution < -0.4 is 10.0 Å². The molecule has 0 saturated carbocycles. The van der Waals surface area contributed by atoms with Crippen molar-refractivity contribution < 1.29 is 32.2 Å². The Morgan fingerprint density at radius 3 is 2.40 bits per heavy atom. The van der Waals surface area contributed by atoms with E-state index in [0.29, 0.717) is 0 Å². The van der Waals surface area contributed by atoms with Gasteiger partial charge in [0.25, 0.3) is 0 Å². The van der Waals surface area contributed by atoms with E-state index in [4.69, 9.17) is 4.74 Å². The number of sulfonamides is 1. The van der Waals surface area contributed by atoms with E-state index < -0.39 is 39.8 Å². The second-order valence-electron chi connectivity index (χ2n) is 5.47. The highest BCUT2D eigenvalue weighted by Crippen LogP contribution is 2.21. The van der Waals surface area contributed by atoms with Crippen molar-refractivity contribution in [2.75, 3.05) is 26.0 Å². The van der Waals surface area contributed by atoms with Gasteiger partial charge in [-0.3, -0.25) is 4.79 Å². The van der Waals surface area contributed by atoms with Gasteiger partial charge in [0.15, 0.2) is 5.54 Å². The molecule has 0 saturated heterocycles. The van der Waals surface area contributed by atoms with E-state index in [0.717, 1.165) is 12.1 Å². The number of carbonyl (C=O) groups excluding carboxylic acids is 1. The number of halogens is 1. The summed E-state index contributed by atoms with van der Waals surface area (Å²) in [6.07, 6.45) is 0.260. The molecule has 10 heteroatoms. The Hall–Kier alpha value is -2.04. The van der Waals surface area contributed by atoms with Gasteiger partial charge in [0.05, 0.1) is 12.3 Å². The summed E-state index contributed by atoms with van der Waals surface area (Å²) >= 11 is 0. The molecule has 0 heterocycles. The molecule has 0 aliphatic heterocycles. The average Bonchev–Trinajstić information content (AvgIpc) is 2.53. The van der Waals surface area contributed by atoms with Crippen molar-refractivity contribution in [2.45, 2.75) is 18.9 Å². The molecular formula is C15H21FN2O6S. The quantitative estimate of drug-likeness (QED) is 0.502. The molecular weight excluding hydrogens is 355 g/mol. The lowest BCUT2D eigenvalue weighted by Gasteiger charge is -2.27. The van der Waals surface area contributed by atoms with Gasteiger partial charge in [0, 0.05) is 13.7 Å². The number of carboxylic acid groups (broad SMARTS) is 1. The molecule has 0 radical (unpaired) electrons. The highest BCUT2D eigenvalue weighted by Gasteiger charge is 2.37. The number of aliphatic carboxylic acids is 1. The maximum Gasteiger partial charge on any atom is 0.333 e. The highest BCUT2D eigenvalue weighted by atomic mass is 32.2. The lowest BCUT2D eigenvalue weighted by Crippen LogP contribution is -2.52. The first-order chi connectivity index (χ1) is 11.6. The van der Waals surface area contributed by atoms with Gasteiger partial charge in [-0.05, 0) is 31.0 Å². The third kappa shape index (κ3) is 6.40. The highest BCUT2D eigenvalue weighted by molar-refractivity contribution is 7.89. The molecule has 0 bridgehead atoms. The van der Waals surface area contributed by atoms with Crippen LogP contribution in [0.2, 0.25) is 0 Å². The fraction of sp³-hybridized carbons (Fsp3) is 0.467. The number of hydrogen-bond acceptors (Lipinski definition) is 5. The maximum atomic E-state index is 13.0. The molecule has 1 aromatic rings. The number of amides is 1. The third-order valence-electron chi connectivity index (χ3n) is 3.45. The zero-order valence-electron chi connectivity index (χ0n) is 13.9. The van der Waals surface area contributed by atoms with Crippen molar-refractivity contribution in [3.05, 3.63) is 35.6 Å².